The molecule has 0 bridgehead atoms. The van der Waals surface area contributed by atoms with Crippen molar-refractivity contribution in [3.05, 3.63) is 62.6 Å². The minimum absolute atomic E-state index is 0.238. The van der Waals surface area contributed by atoms with Gasteiger partial charge in [-0.1, -0.05) is 29.8 Å². The van der Waals surface area contributed by atoms with Crippen LogP contribution in [-0.4, -0.2) is 18.2 Å². The van der Waals surface area contributed by atoms with Crippen LogP contribution in [0.1, 0.15) is 11.1 Å². The molecule has 2 aromatic rings. The van der Waals surface area contributed by atoms with Crippen molar-refractivity contribution >= 4 is 39.6 Å². The maximum Gasteiger partial charge on any atom is 0.346 e. The van der Waals surface area contributed by atoms with Gasteiger partial charge in [0.25, 0.3) is 0 Å². The summed E-state index contributed by atoms with van der Waals surface area (Å²) >= 11 is 9.50. The molecule has 0 spiro atoms. The number of ether oxygens (including phenoxy) is 2. The fourth-order valence-corrected chi connectivity index (χ4v) is 2.80. The molecule has 0 fully saturated rings. The number of benzene rings is 2. The quantitative estimate of drug-likeness (QED) is 0.540. The first-order valence-electron chi connectivity index (χ1n) is 7.05. The summed E-state index contributed by atoms with van der Waals surface area (Å²) in [7, 11) is 1.47. The third-order valence-corrected chi connectivity index (χ3v) is 4.20. The number of hydrogen-bond acceptors (Lipinski definition) is 4. The number of carbonyl (C=O) groups is 1. The molecule has 0 saturated heterocycles. The van der Waals surface area contributed by atoms with Crippen LogP contribution in [0, 0.1) is 11.3 Å². The Morgan fingerprint density at radius 1 is 1.40 bits per heavy atom. The highest BCUT2D eigenvalue weighted by Gasteiger charge is 2.14. The molecule has 0 heterocycles. The zero-order chi connectivity index (χ0) is 18.4. The highest BCUT2D eigenvalue weighted by Crippen LogP contribution is 2.38. The van der Waals surface area contributed by atoms with Gasteiger partial charge in [0, 0.05) is 10.6 Å². The molecule has 5 nitrogen and oxygen atoms in total. The molecule has 0 atom stereocenters. The lowest BCUT2D eigenvalue weighted by Crippen LogP contribution is -2.00. The van der Waals surface area contributed by atoms with E-state index in [9.17, 15) is 4.79 Å². The Morgan fingerprint density at radius 2 is 2.12 bits per heavy atom. The van der Waals surface area contributed by atoms with Gasteiger partial charge < -0.3 is 14.6 Å². The Hall–Kier alpha value is -2.49. The van der Waals surface area contributed by atoms with Gasteiger partial charge in [-0.3, -0.25) is 0 Å². The lowest BCUT2D eigenvalue weighted by Gasteiger charge is -2.14. The number of aliphatic carboxylic acids is 1. The molecule has 128 valence electrons. The smallest absolute Gasteiger partial charge is 0.346 e. The number of rotatable bonds is 6. The summed E-state index contributed by atoms with van der Waals surface area (Å²) in [6.45, 7) is 0.238. The van der Waals surface area contributed by atoms with Crippen LogP contribution in [0.25, 0.3) is 6.08 Å². The zero-order valence-corrected chi connectivity index (χ0v) is 15.5. The second-order valence-electron chi connectivity index (χ2n) is 4.89. The van der Waals surface area contributed by atoms with E-state index in [2.05, 4.69) is 15.9 Å². The third kappa shape index (κ3) is 4.75. The number of nitriles is 1. The summed E-state index contributed by atoms with van der Waals surface area (Å²) in [4.78, 5) is 11.0. The first-order chi connectivity index (χ1) is 12.0. The van der Waals surface area contributed by atoms with Crippen molar-refractivity contribution in [2.45, 2.75) is 6.61 Å². The minimum atomic E-state index is -1.29. The van der Waals surface area contributed by atoms with Gasteiger partial charge in [-0.05, 0) is 45.8 Å². The summed E-state index contributed by atoms with van der Waals surface area (Å²) in [5.41, 5.74) is 0.936. The Bertz CT molecular complexity index is 874. The number of methoxy groups -OCH3 is 1. The van der Waals surface area contributed by atoms with E-state index < -0.39 is 5.97 Å². The first kappa shape index (κ1) is 18.8. The van der Waals surface area contributed by atoms with Gasteiger partial charge in [0.2, 0.25) is 0 Å². The van der Waals surface area contributed by atoms with Crippen molar-refractivity contribution in [2.24, 2.45) is 0 Å². The zero-order valence-electron chi connectivity index (χ0n) is 13.1. The predicted molar refractivity (Wildman–Crippen MR) is 97.7 cm³/mol. The van der Waals surface area contributed by atoms with Gasteiger partial charge in [0.15, 0.2) is 11.5 Å². The minimum Gasteiger partial charge on any atom is -0.493 e. The second kappa shape index (κ2) is 8.56. The molecule has 25 heavy (non-hydrogen) atoms. The molecule has 0 aliphatic heterocycles. The van der Waals surface area contributed by atoms with E-state index in [4.69, 9.17) is 31.4 Å². The lowest BCUT2D eigenvalue weighted by molar-refractivity contribution is -0.132. The Balaban J connectivity index is 2.33. The van der Waals surface area contributed by atoms with Gasteiger partial charge in [0.05, 0.1) is 11.6 Å². The number of hydrogen-bond donors (Lipinski definition) is 1. The van der Waals surface area contributed by atoms with Crippen LogP contribution in [0.4, 0.5) is 0 Å². The molecule has 0 radical (unpaired) electrons. The van der Waals surface area contributed by atoms with Gasteiger partial charge in [-0.15, -0.1) is 0 Å². The largest absolute Gasteiger partial charge is 0.493 e. The standard InChI is InChI=1S/C18H13BrClNO4/c1-24-16-8-11(6-13(9-21)18(22)23)7-14(19)17(16)25-10-12-4-2-3-5-15(12)20/h2-8H,10H2,1H3,(H,22,23)/b13-6+. The molecule has 0 aliphatic rings. The lowest BCUT2D eigenvalue weighted by atomic mass is 10.1. The van der Waals surface area contributed by atoms with Crippen LogP contribution >= 0.6 is 27.5 Å². The molecule has 0 aliphatic carbocycles. The number of nitrogens with zero attached hydrogens (tertiary/aromatic N) is 1. The number of halogens is 2. The summed E-state index contributed by atoms with van der Waals surface area (Å²) in [6, 6.07) is 12.2. The molecule has 0 saturated carbocycles. The van der Waals surface area contributed by atoms with E-state index in [0.717, 1.165) is 5.56 Å². The topological polar surface area (TPSA) is 79.5 Å². The first-order valence-corrected chi connectivity index (χ1v) is 8.22. The molecular formula is C18H13BrClNO4. The summed E-state index contributed by atoms with van der Waals surface area (Å²) in [5, 5.41) is 18.4. The van der Waals surface area contributed by atoms with E-state index in [-0.39, 0.29) is 12.2 Å². The van der Waals surface area contributed by atoms with Gasteiger partial charge in [-0.2, -0.15) is 5.26 Å². The molecule has 2 rings (SSSR count). The monoisotopic (exact) mass is 421 g/mol. The number of carboxylic acids is 1. The van der Waals surface area contributed by atoms with Crippen LogP contribution in [0.3, 0.4) is 0 Å². The fraction of sp³-hybridized carbons (Fsp3) is 0.111. The second-order valence-corrected chi connectivity index (χ2v) is 6.15. The van der Waals surface area contributed by atoms with E-state index in [1.807, 2.05) is 18.2 Å². The highest BCUT2D eigenvalue weighted by atomic mass is 79.9. The predicted octanol–water partition coefficient (Wildman–Crippen LogP) is 4.68. The van der Waals surface area contributed by atoms with Crippen LogP contribution in [-0.2, 0) is 11.4 Å². The van der Waals surface area contributed by atoms with E-state index in [0.29, 0.717) is 26.6 Å². The van der Waals surface area contributed by atoms with Gasteiger partial charge >= 0.3 is 5.97 Å². The van der Waals surface area contributed by atoms with E-state index >= 15 is 0 Å². The molecule has 1 N–H and O–H groups in total. The SMILES string of the molecule is COc1cc(/C=C(\C#N)C(=O)O)cc(Br)c1OCc1ccccc1Cl. The van der Waals surface area contributed by atoms with Gasteiger partial charge in [0.1, 0.15) is 18.2 Å². The maximum atomic E-state index is 11.0. The van der Waals surface area contributed by atoms with Gasteiger partial charge in [-0.25, -0.2) is 4.79 Å². The fourth-order valence-electron chi connectivity index (χ4n) is 2.04. The normalized spacial score (nSPS) is 10.9. The van der Waals surface area contributed by atoms with Crippen molar-refractivity contribution < 1.29 is 19.4 Å². The molecule has 0 aromatic heterocycles. The molecule has 7 heteroatoms. The average molecular weight is 423 g/mol. The average Bonchev–Trinajstić information content (AvgIpc) is 2.59. The molecule has 0 unspecified atom stereocenters. The van der Waals surface area contributed by atoms with Crippen LogP contribution in [0.2, 0.25) is 5.02 Å². The van der Waals surface area contributed by atoms with Crippen LogP contribution in [0.5, 0.6) is 11.5 Å². The van der Waals surface area contributed by atoms with Crippen molar-refractivity contribution in [1.82, 2.24) is 0 Å². The maximum absolute atomic E-state index is 11.0. The Labute approximate surface area is 158 Å². The third-order valence-electron chi connectivity index (χ3n) is 3.24. The highest BCUT2D eigenvalue weighted by molar-refractivity contribution is 9.10. The summed E-state index contributed by atoms with van der Waals surface area (Å²) in [6.07, 6.45) is 1.26. The Morgan fingerprint density at radius 3 is 2.72 bits per heavy atom. The summed E-state index contributed by atoms with van der Waals surface area (Å²) < 4.78 is 11.7. The van der Waals surface area contributed by atoms with Crippen molar-refractivity contribution in [2.75, 3.05) is 7.11 Å². The van der Waals surface area contributed by atoms with Crippen molar-refractivity contribution in [1.29, 1.82) is 5.26 Å². The van der Waals surface area contributed by atoms with Crippen LogP contribution in [0.15, 0.2) is 46.4 Å². The molecule has 2 aromatic carbocycles. The van der Waals surface area contributed by atoms with Crippen LogP contribution < -0.4 is 9.47 Å². The summed E-state index contributed by atoms with van der Waals surface area (Å²) in [5.74, 6) is -0.444. The molecule has 0 amide bonds. The van der Waals surface area contributed by atoms with Crippen molar-refractivity contribution in [3.8, 4) is 17.6 Å². The Kier molecular flexibility index (Phi) is 6.45. The van der Waals surface area contributed by atoms with Crippen molar-refractivity contribution in [3.63, 3.8) is 0 Å². The van der Waals surface area contributed by atoms with E-state index in [1.54, 1.807) is 24.3 Å². The van der Waals surface area contributed by atoms with E-state index in [1.165, 1.54) is 13.2 Å². The molecular weight excluding hydrogens is 410 g/mol. The number of carboxylic acid groups (broad SMARTS) is 1.